The van der Waals surface area contributed by atoms with Crippen molar-refractivity contribution in [3.8, 4) is 23.1 Å². The second kappa shape index (κ2) is 11.2. The van der Waals surface area contributed by atoms with Crippen molar-refractivity contribution in [3.05, 3.63) is 51.3 Å². The van der Waals surface area contributed by atoms with E-state index in [9.17, 15) is 24.6 Å². The Hall–Kier alpha value is -4.18. The summed E-state index contributed by atoms with van der Waals surface area (Å²) >= 11 is 0. The van der Waals surface area contributed by atoms with Gasteiger partial charge in [-0.3, -0.25) is 14.4 Å². The van der Waals surface area contributed by atoms with Crippen LogP contribution in [0.2, 0.25) is 0 Å². The van der Waals surface area contributed by atoms with Crippen molar-refractivity contribution in [1.29, 1.82) is 0 Å². The number of phenols is 1. The Morgan fingerprint density at radius 1 is 0.979 bits per heavy atom. The van der Waals surface area contributed by atoms with Crippen LogP contribution < -0.4 is 14.2 Å². The summed E-state index contributed by atoms with van der Waals surface area (Å²) in [5.74, 6) is -3.73. The van der Waals surface area contributed by atoms with Gasteiger partial charge in [0.2, 0.25) is 17.2 Å². The normalized spacial score (nSPS) is 25.2. The van der Waals surface area contributed by atoms with Crippen molar-refractivity contribution in [2.24, 2.45) is 11.3 Å². The first-order chi connectivity index (χ1) is 22.9. The van der Waals surface area contributed by atoms with Crippen molar-refractivity contribution < 1.29 is 43.3 Å². The molecule has 0 bridgehead atoms. The molecule has 3 atom stereocenters. The average Bonchev–Trinajstić information content (AvgIpc) is 3.63. The minimum absolute atomic E-state index is 0.0370. The van der Waals surface area contributed by atoms with Crippen molar-refractivity contribution >= 4 is 28.1 Å². The number of methoxy groups -OCH3 is 1. The quantitative estimate of drug-likeness (QED) is 0.146. The number of phenolic OH excluding ortho intramolecular Hbond substituents is 1. The van der Waals surface area contributed by atoms with E-state index in [1.54, 1.807) is 13.2 Å². The van der Waals surface area contributed by atoms with Crippen LogP contribution in [0, 0.1) is 11.3 Å². The molecule has 0 unspecified atom stereocenters. The summed E-state index contributed by atoms with van der Waals surface area (Å²) in [6.07, 6.45) is 7.28. The molecule has 48 heavy (non-hydrogen) atoms. The third-order valence-corrected chi connectivity index (χ3v) is 11.5. The van der Waals surface area contributed by atoms with Crippen LogP contribution in [0.1, 0.15) is 121 Å². The van der Waals surface area contributed by atoms with Crippen LogP contribution in [-0.2, 0) is 18.3 Å². The summed E-state index contributed by atoms with van der Waals surface area (Å²) in [6.45, 7) is 11.1. The van der Waals surface area contributed by atoms with Crippen LogP contribution >= 0.6 is 0 Å². The Balaban J connectivity index is 1.51. The van der Waals surface area contributed by atoms with Gasteiger partial charge in [-0.1, -0.05) is 52.2 Å². The molecule has 4 aliphatic carbocycles. The lowest BCUT2D eigenvalue weighted by molar-refractivity contribution is -0.0000668. The van der Waals surface area contributed by atoms with Crippen LogP contribution in [0.4, 0.5) is 0 Å². The van der Waals surface area contributed by atoms with Crippen molar-refractivity contribution in [2.75, 3.05) is 20.3 Å². The number of allylic oxidation sites excluding steroid dienone is 2. The van der Waals surface area contributed by atoms with E-state index < -0.39 is 40.0 Å². The molecule has 4 aliphatic rings. The summed E-state index contributed by atoms with van der Waals surface area (Å²) in [5.41, 5.74) is -1.61. The Kier molecular flexibility index (Phi) is 7.54. The fourth-order valence-corrected chi connectivity index (χ4v) is 8.90. The average molecular weight is 658 g/mol. The highest BCUT2D eigenvalue weighted by molar-refractivity contribution is 6.34. The second-order valence-corrected chi connectivity index (χ2v) is 14.4. The smallest absolute Gasteiger partial charge is 0.265 e. The molecule has 7 rings (SSSR count). The molecule has 0 radical (unpaired) electrons. The van der Waals surface area contributed by atoms with Gasteiger partial charge in [0.1, 0.15) is 22.8 Å². The summed E-state index contributed by atoms with van der Waals surface area (Å²) in [4.78, 5) is 43.6. The number of carbonyl (C=O) groups excluding carboxylic acids is 3. The van der Waals surface area contributed by atoms with E-state index in [0.717, 1.165) is 43.2 Å². The Morgan fingerprint density at radius 2 is 1.67 bits per heavy atom. The van der Waals surface area contributed by atoms with Gasteiger partial charge in [0, 0.05) is 34.4 Å². The number of aromatic hydroxyl groups is 1. The van der Waals surface area contributed by atoms with E-state index in [0.29, 0.717) is 41.9 Å². The SMILES string of the molecule is CCCCOc1noc2c1C(=O)[C@]1(O)C(=O)c3c(c4c5c(c(OC)cc(OCCCC)c5c3O)[C@@]3(C4)C(C)=CCCC3(C)C)C(=O)[C@@H]1C2. The van der Waals surface area contributed by atoms with Gasteiger partial charge >= 0.3 is 0 Å². The number of ether oxygens (including phenoxy) is 3. The lowest BCUT2D eigenvalue weighted by Crippen LogP contribution is -2.61. The van der Waals surface area contributed by atoms with E-state index >= 15 is 0 Å². The van der Waals surface area contributed by atoms with Gasteiger partial charge in [0.15, 0.2) is 11.5 Å². The Morgan fingerprint density at radius 3 is 2.33 bits per heavy atom. The summed E-state index contributed by atoms with van der Waals surface area (Å²) in [7, 11) is 1.60. The van der Waals surface area contributed by atoms with Crippen LogP contribution in [0.15, 0.2) is 22.2 Å². The number of benzene rings is 2. The summed E-state index contributed by atoms with van der Waals surface area (Å²) in [5, 5.41) is 29.2. The molecule has 2 aromatic carbocycles. The molecule has 10 heteroatoms. The number of aromatic nitrogens is 1. The molecule has 0 saturated heterocycles. The first-order valence-electron chi connectivity index (χ1n) is 17.1. The van der Waals surface area contributed by atoms with Gasteiger partial charge in [-0.05, 0) is 55.2 Å². The third kappa shape index (κ3) is 4.01. The topological polar surface area (TPSA) is 145 Å². The number of hydrogen-bond acceptors (Lipinski definition) is 10. The number of ketones is 3. The van der Waals surface area contributed by atoms with Crippen LogP contribution in [-0.4, -0.2) is 58.6 Å². The molecule has 10 nitrogen and oxygen atoms in total. The van der Waals surface area contributed by atoms with E-state index in [4.69, 9.17) is 18.7 Å². The molecule has 254 valence electrons. The van der Waals surface area contributed by atoms with Crippen LogP contribution in [0.5, 0.6) is 23.1 Å². The number of hydrogen-bond donors (Lipinski definition) is 2. The second-order valence-electron chi connectivity index (χ2n) is 14.4. The number of fused-ring (bicyclic) bond motifs is 5. The van der Waals surface area contributed by atoms with Gasteiger partial charge in [-0.15, -0.1) is 0 Å². The molecule has 0 aliphatic heterocycles. The molecule has 0 amide bonds. The van der Waals surface area contributed by atoms with Crippen molar-refractivity contribution in [2.45, 2.75) is 97.0 Å². The standard InChI is InChI=1S/C38H43NO9/c1-7-9-14-46-22-17-24(45-6)30-25-20(18-37(30)19(3)12-11-13-36(37,4)5)26-29(32(41)27(22)25)34(43)38(44)21(31(26)40)16-23-28(33(38)42)35(39-48-23)47-15-10-8-2/h12,17,21,41,44H,7-11,13-16,18H2,1-6H3/t21-,37+,38-/m0/s1. The maximum absolute atomic E-state index is 14.8. The van der Waals surface area contributed by atoms with Gasteiger partial charge in [-0.25, -0.2) is 0 Å². The zero-order valence-corrected chi connectivity index (χ0v) is 28.5. The van der Waals surface area contributed by atoms with E-state index in [1.165, 1.54) is 0 Å². The predicted octanol–water partition coefficient (Wildman–Crippen LogP) is 6.63. The highest BCUT2D eigenvalue weighted by Crippen LogP contribution is 2.65. The fraction of sp³-hybridized carbons (Fsp3) is 0.526. The third-order valence-electron chi connectivity index (χ3n) is 11.5. The Bertz CT molecular complexity index is 1930. The zero-order valence-electron chi connectivity index (χ0n) is 28.5. The fourth-order valence-electron chi connectivity index (χ4n) is 8.90. The van der Waals surface area contributed by atoms with Crippen molar-refractivity contribution in [1.82, 2.24) is 5.16 Å². The molecular weight excluding hydrogens is 614 g/mol. The number of unbranched alkanes of at least 4 members (excludes halogenated alkanes) is 2. The number of Topliss-reactive ketones (excluding diaryl/α,β-unsaturated/α-hetero) is 3. The van der Waals surface area contributed by atoms with E-state index in [2.05, 4.69) is 32.0 Å². The van der Waals surface area contributed by atoms with Crippen LogP contribution in [0.3, 0.4) is 0 Å². The van der Waals surface area contributed by atoms with Gasteiger partial charge in [0.05, 0.1) is 37.2 Å². The first-order valence-corrected chi connectivity index (χ1v) is 17.1. The molecule has 0 saturated carbocycles. The van der Waals surface area contributed by atoms with Crippen molar-refractivity contribution in [3.63, 3.8) is 0 Å². The monoisotopic (exact) mass is 657 g/mol. The highest BCUT2D eigenvalue weighted by atomic mass is 16.5. The van der Waals surface area contributed by atoms with E-state index in [-0.39, 0.29) is 52.2 Å². The highest BCUT2D eigenvalue weighted by Gasteiger charge is 2.65. The van der Waals surface area contributed by atoms with Gasteiger partial charge in [-0.2, -0.15) is 0 Å². The van der Waals surface area contributed by atoms with Gasteiger partial charge in [0.25, 0.3) is 5.88 Å². The molecule has 1 spiro atoms. The van der Waals surface area contributed by atoms with E-state index in [1.807, 2.05) is 13.8 Å². The number of rotatable bonds is 9. The largest absolute Gasteiger partial charge is 0.506 e. The predicted molar refractivity (Wildman–Crippen MR) is 177 cm³/mol. The summed E-state index contributed by atoms with van der Waals surface area (Å²) < 4.78 is 23.5. The molecular formula is C38H43NO9. The van der Waals surface area contributed by atoms with Gasteiger partial charge < -0.3 is 28.9 Å². The van der Waals surface area contributed by atoms with Crippen LogP contribution in [0.25, 0.3) is 10.8 Å². The summed E-state index contributed by atoms with van der Waals surface area (Å²) in [6, 6.07) is 1.76. The molecule has 0 fully saturated rings. The molecule has 1 heterocycles. The number of nitrogens with zero attached hydrogens (tertiary/aromatic N) is 1. The minimum Gasteiger partial charge on any atom is -0.506 e. The lowest BCUT2D eigenvalue weighted by Gasteiger charge is -2.49. The number of aliphatic hydroxyl groups is 1. The lowest BCUT2D eigenvalue weighted by atomic mass is 9.54. The zero-order chi connectivity index (χ0) is 34.3. The molecule has 3 aromatic rings. The maximum atomic E-state index is 14.8. The minimum atomic E-state index is -2.78. The first kappa shape index (κ1) is 32.4. The number of carbonyl (C=O) groups is 3. The molecule has 2 N–H and O–H groups in total. The maximum Gasteiger partial charge on any atom is 0.265 e. The Labute approximate surface area is 279 Å². The molecule has 1 aromatic heterocycles.